The van der Waals surface area contributed by atoms with Crippen LogP contribution in [-0.2, 0) is 9.53 Å². The maximum atomic E-state index is 10.9. The molecule has 0 saturated carbocycles. The Morgan fingerprint density at radius 3 is 2.62 bits per heavy atom. The number of likely N-dealkylation sites (tertiary alicyclic amines) is 1. The van der Waals surface area contributed by atoms with Gasteiger partial charge in [0, 0.05) is 6.42 Å². The van der Waals surface area contributed by atoms with E-state index >= 15 is 0 Å². The molecule has 1 aliphatic rings. The van der Waals surface area contributed by atoms with E-state index in [2.05, 4.69) is 11.9 Å². The second-order valence-corrected chi connectivity index (χ2v) is 3.78. The monoisotopic (exact) mass is 185 g/mol. The highest BCUT2D eigenvalue weighted by Crippen LogP contribution is 2.16. The minimum absolute atomic E-state index is 0.0704. The van der Waals surface area contributed by atoms with Crippen LogP contribution < -0.4 is 0 Å². The van der Waals surface area contributed by atoms with Gasteiger partial charge in [0.1, 0.15) is 0 Å². The van der Waals surface area contributed by atoms with Gasteiger partial charge in [-0.25, -0.2) is 0 Å². The van der Waals surface area contributed by atoms with Crippen LogP contribution in [0.15, 0.2) is 0 Å². The van der Waals surface area contributed by atoms with Crippen molar-refractivity contribution in [3.63, 3.8) is 0 Å². The fraction of sp³-hybridized carbons (Fsp3) is 0.900. The van der Waals surface area contributed by atoms with E-state index in [9.17, 15) is 4.79 Å². The number of hydrogen-bond donors (Lipinski definition) is 0. The SMILES string of the molecule is CCC(=O)OCC1CCN(C)CC1. The third kappa shape index (κ3) is 3.77. The Hall–Kier alpha value is -0.570. The van der Waals surface area contributed by atoms with E-state index in [1.165, 1.54) is 0 Å². The van der Waals surface area contributed by atoms with Gasteiger partial charge in [-0.1, -0.05) is 6.92 Å². The molecule has 1 fully saturated rings. The van der Waals surface area contributed by atoms with Crippen LogP contribution in [0.3, 0.4) is 0 Å². The predicted octanol–water partition coefficient (Wildman–Crippen LogP) is 1.28. The molecule has 1 saturated heterocycles. The summed E-state index contributed by atoms with van der Waals surface area (Å²) in [6.07, 6.45) is 2.81. The quantitative estimate of drug-likeness (QED) is 0.620. The summed E-state index contributed by atoms with van der Waals surface area (Å²) in [5, 5.41) is 0. The lowest BCUT2D eigenvalue weighted by Crippen LogP contribution is -2.32. The van der Waals surface area contributed by atoms with Gasteiger partial charge in [-0.05, 0) is 38.9 Å². The van der Waals surface area contributed by atoms with Crippen molar-refractivity contribution in [2.75, 3.05) is 26.7 Å². The molecule has 0 amide bonds. The van der Waals surface area contributed by atoms with Gasteiger partial charge < -0.3 is 9.64 Å². The summed E-state index contributed by atoms with van der Waals surface area (Å²) >= 11 is 0. The molecule has 0 aliphatic carbocycles. The number of rotatable bonds is 3. The molecule has 0 aromatic rings. The van der Waals surface area contributed by atoms with Gasteiger partial charge in [0.2, 0.25) is 0 Å². The molecule has 0 atom stereocenters. The Kier molecular flexibility index (Phi) is 4.22. The normalized spacial score (nSPS) is 20.2. The standard InChI is InChI=1S/C10H19NO2/c1-3-10(12)13-8-9-4-6-11(2)7-5-9/h9H,3-8H2,1-2H3. The molecular weight excluding hydrogens is 166 g/mol. The Bertz CT molecular complexity index is 162. The predicted molar refractivity (Wildman–Crippen MR) is 51.5 cm³/mol. The minimum Gasteiger partial charge on any atom is -0.465 e. The molecule has 3 nitrogen and oxygen atoms in total. The lowest BCUT2D eigenvalue weighted by Gasteiger charge is -2.28. The van der Waals surface area contributed by atoms with Crippen LogP contribution in [0, 0.1) is 5.92 Å². The minimum atomic E-state index is -0.0704. The number of piperidine rings is 1. The van der Waals surface area contributed by atoms with Gasteiger partial charge in [0.15, 0.2) is 0 Å². The molecule has 0 aromatic heterocycles. The Morgan fingerprint density at radius 1 is 1.46 bits per heavy atom. The van der Waals surface area contributed by atoms with Gasteiger partial charge in [-0.2, -0.15) is 0 Å². The second-order valence-electron chi connectivity index (χ2n) is 3.78. The first kappa shape index (κ1) is 10.5. The van der Waals surface area contributed by atoms with Crippen molar-refractivity contribution >= 4 is 5.97 Å². The molecule has 1 heterocycles. The molecule has 0 N–H and O–H groups in total. The summed E-state index contributed by atoms with van der Waals surface area (Å²) in [4.78, 5) is 13.2. The molecule has 0 spiro atoms. The molecule has 0 unspecified atom stereocenters. The molecule has 0 bridgehead atoms. The summed E-state index contributed by atoms with van der Waals surface area (Å²) < 4.78 is 5.11. The van der Waals surface area contributed by atoms with Gasteiger partial charge in [-0.3, -0.25) is 4.79 Å². The fourth-order valence-corrected chi connectivity index (χ4v) is 1.54. The smallest absolute Gasteiger partial charge is 0.305 e. The van der Waals surface area contributed by atoms with Crippen molar-refractivity contribution in [3.8, 4) is 0 Å². The third-order valence-electron chi connectivity index (χ3n) is 2.61. The van der Waals surface area contributed by atoms with Crippen LogP contribution in [0.1, 0.15) is 26.2 Å². The van der Waals surface area contributed by atoms with Crippen molar-refractivity contribution in [2.24, 2.45) is 5.92 Å². The fourth-order valence-electron chi connectivity index (χ4n) is 1.54. The average molecular weight is 185 g/mol. The highest BCUT2D eigenvalue weighted by Gasteiger charge is 2.17. The molecule has 3 heteroatoms. The van der Waals surface area contributed by atoms with Gasteiger partial charge in [-0.15, -0.1) is 0 Å². The Balaban J connectivity index is 2.12. The van der Waals surface area contributed by atoms with Gasteiger partial charge in [0.05, 0.1) is 6.61 Å². The van der Waals surface area contributed by atoms with E-state index in [1.54, 1.807) is 0 Å². The van der Waals surface area contributed by atoms with Crippen LogP contribution >= 0.6 is 0 Å². The molecule has 1 aliphatic heterocycles. The first-order valence-corrected chi connectivity index (χ1v) is 5.06. The summed E-state index contributed by atoms with van der Waals surface area (Å²) in [6, 6.07) is 0. The first-order chi connectivity index (χ1) is 6.22. The Labute approximate surface area is 80.1 Å². The number of nitrogens with zero attached hydrogens (tertiary/aromatic N) is 1. The molecular formula is C10H19NO2. The zero-order valence-electron chi connectivity index (χ0n) is 8.58. The van der Waals surface area contributed by atoms with E-state index in [-0.39, 0.29) is 5.97 Å². The number of carbonyl (C=O) groups is 1. The number of carbonyl (C=O) groups excluding carboxylic acids is 1. The molecule has 0 radical (unpaired) electrons. The summed E-state index contributed by atoms with van der Waals surface area (Å²) in [5.41, 5.74) is 0. The highest BCUT2D eigenvalue weighted by atomic mass is 16.5. The zero-order valence-corrected chi connectivity index (χ0v) is 8.58. The van der Waals surface area contributed by atoms with Crippen LogP contribution in [0.4, 0.5) is 0 Å². The molecule has 76 valence electrons. The lowest BCUT2D eigenvalue weighted by molar-refractivity contribution is -0.145. The number of ether oxygens (including phenoxy) is 1. The first-order valence-electron chi connectivity index (χ1n) is 5.06. The third-order valence-corrected chi connectivity index (χ3v) is 2.61. The zero-order chi connectivity index (χ0) is 9.68. The van der Waals surface area contributed by atoms with E-state index in [1.807, 2.05) is 6.92 Å². The number of esters is 1. The highest BCUT2D eigenvalue weighted by molar-refractivity contribution is 5.68. The van der Waals surface area contributed by atoms with Crippen LogP contribution in [0.25, 0.3) is 0 Å². The summed E-state index contributed by atoms with van der Waals surface area (Å²) in [7, 11) is 2.13. The van der Waals surface area contributed by atoms with Crippen molar-refractivity contribution in [3.05, 3.63) is 0 Å². The van der Waals surface area contributed by atoms with Crippen molar-refractivity contribution < 1.29 is 9.53 Å². The van der Waals surface area contributed by atoms with Gasteiger partial charge in [0.25, 0.3) is 0 Å². The van der Waals surface area contributed by atoms with Crippen molar-refractivity contribution in [2.45, 2.75) is 26.2 Å². The van der Waals surface area contributed by atoms with Crippen molar-refractivity contribution in [1.82, 2.24) is 4.90 Å². The summed E-state index contributed by atoms with van der Waals surface area (Å²) in [6.45, 7) is 4.72. The van der Waals surface area contributed by atoms with Gasteiger partial charge >= 0.3 is 5.97 Å². The Morgan fingerprint density at radius 2 is 2.08 bits per heavy atom. The van der Waals surface area contributed by atoms with E-state index in [4.69, 9.17) is 4.74 Å². The lowest BCUT2D eigenvalue weighted by atomic mass is 9.98. The number of hydrogen-bond acceptors (Lipinski definition) is 3. The van der Waals surface area contributed by atoms with Crippen LogP contribution in [0.5, 0.6) is 0 Å². The van der Waals surface area contributed by atoms with Crippen LogP contribution in [-0.4, -0.2) is 37.6 Å². The molecule has 1 rings (SSSR count). The molecule has 13 heavy (non-hydrogen) atoms. The topological polar surface area (TPSA) is 29.5 Å². The van der Waals surface area contributed by atoms with Crippen LogP contribution in [0.2, 0.25) is 0 Å². The largest absolute Gasteiger partial charge is 0.465 e. The maximum Gasteiger partial charge on any atom is 0.305 e. The van der Waals surface area contributed by atoms with E-state index in [0.717, 1.165) is 25.9 Å². The van der Waals surface area contributed by atoms with Crippen molar-refractivity contribution in [1.29, 1.82) is 0 Å². The van der Waals surface area contributed by atoms with E-state index in [0.29, 0.717) is 18.9 Å². The summed E-state index contributed by atoms with van der Waals surface area (Å²) in [5.74, 6) is 0.519. The maximum absolute atomic E-state index is 10.9. The van der Waals surface area contributed by atoms with E-state index < -0.39 is 0 Å². The molecule has 0 aromatic carbocycles. The average Bonchev–Trinajstić information content (AvgIpc) is 2.16. The second kappa shape index (κ2) is 5.22.